The average molecular weight is 353 g/mol. The largest absolute Gasteiger partial charge is 0.334 e. The number of thioether (sulfide) groups is 1. The van der Waals surface area contributed by atoms with Gasteiger partial charge in [0, 0.05) is 11.4 Å². The van der Waals surface area contributed by atoms with E-state index in [0.717, 1.165) is 22.3 Å². The van der Waals surface area contributed by atoms with Crippen LogP contribution in [-0.4, -0.2) is 14.9 Å². The van der Waals surface area contributed by atoms with Crippen LogP contribution in [0.4, 0.5) is 11.5 Å². The average Bonchev–Trinajstić information content (AvgIpc) is 2.66. The molecule has 0 aliphatic carbocycles. The topological polar surface area (TPSA) is 85.8 Å². The Morgan fingerprint density at radius 1 is 1.04 bits per heavy atom. The van der Waals surface area contributed by atoms with Crippen molar-refractivity contribution in [1.82, 2.24) is 14.9 Å². The molecule has 1 heterocycles. The van der Waals surface area contributed by atoms with Gasteiger partial charge >= 0.3 is 5.56 Å². The Morgan fingerprint density at radius 3 is 2.44 bits per heavy atom. The first kappa shape index (κ1) is 17.0. The van der Waals surface area contributed by atoms with E-state index in [1.807, 2.05) is 54.6 Å². The molecule has 0 fully saturated rings. The molecule has 0 radical (unpaired) electrons. The van der Waals surface area contributed by atoms with Crippen LogP contribution in [0, 0.1) is 0 Å². The van der Waals surface area contributed by atoms with Gasteiger partial charge in [-0.25, -0.2) is 0 Å². The molecule has 0 atom stereocenters. The third-order valence-corrected chi connectivity index (χ3v) is 4.71. The van der Waals surface area contributed by atoms with Crippen molar-refractivity contribution in [3.05, 3.63) is 76.1 Å². The Hall–Kier alpha value is -2.80. The zero-order valence-electron chi connectivity index (χ0n) is 13.8. The highest BCUT2D eigenvalue weighted by molar-refractivity contribution is 7.98. The summed E-state index contributed by atoms with van der Waals surface area (Å²) >= 11 is 1.37. The minimum Gasteiger partial charge on any atom is -0.334 e. The van der Waals surface area contributed by atoms with Crippen LogP contribution in [-0.2, 0) is 12.2 Å². The zero-order valence-corrected chi connectivity index (χ0v) is 14.7. The molecular weight excluding hydrogens is 334 g/mol. The van der Waals surface area contributed by atoms with E-state index in [2.05, 4.69) is 22.4 Å². The van der Waals surface area contributed by atoms with Crippen LogP contribution in [0.3, 0.4) is 0 Å². The summed E-state index contributed by atoms with van der Waals surface area (Å²) < 4.78 is 1.03. The summed E-state index contributed by atoms with van der Waals surface area (Å²) in [6.07, 6.45) is 0.961. The number of nitrogens with one attached hydrogen (secondary N) is 1. The Labute approximate surface area is 150 Å². The molecule has 7 heteroatoms. The Balaban J connectivity index is 1.74. The molecule has 25 heavy (non-hydrogen) atoms. The van der Waals surface area contributed by atoms with Crippen LogP contribution in [0.5, 0.6) is 0 Å². The van der Waals surface area contributed by atoms with Gasteiger partial charge in [0.15, 0.2) is 0 Å². The summed E-state index contributed by atoms with van der Waals surface area (Å²) in [6, 6.07) is 17.7. The Morgan fingerprint density at radius 2 is 1.76 bits per heavy atom. The number of hydrogen-bond donors (Lipinski definition) is 2. The van der Waals surface area contributed by atoms with Gasteiger partial charge in [-0.2, -0.15) is 4.68 Å². The summed E-state index contributed by atoms with van der Waals surface area (Å²) in [5, 5.41) is 11.4. The lowest BCUT2D eigenvalue weighted by Gasteiger charge is -2.09. The molecule has 3 aromatic rings. The van der Waals surface area contributed by atoms with E-state index < -0.39 is 5.56 Å². The summed E-state index contributed by atoms with van der Waals surface area (Å²) in [6.45, 7) is 2.09. The first-order chi connectivity index (χ1) is 12.2. The molecule has 6 nitrogen and oxygen atoms in total. The monoisotopic (exact) mass is 353 g/mol. The van der Waals surface area contributed by atoms with Crippen LogP contribution < -0.4 is 16.7 Å². The second-order valence-electron chi connectivity index (χ2n) is 5.46. The smallest absolute Gasteiger partial charge is 0.315 e. The van der Waals surface area contributed by atoms with Gasteiger partial charge in [0.1, 0.15) is 0 Å². The van der Waals surface area contributed by atoms with Gasteiger partial charge < -0.3 is 11.2 Å². The van der Waals surface area contributed by atoms with Crippen molar-refractivity contribution >= 4 is 23.3 Å². The van der Waals surface area contributed by atoms with Crippen LogP contribution >= 0.6 is 11.8 Å². The van der Waals surface area contributed by atoms with Crippen molar-refractivity contribution in [2.75, 3.05) is 11.2 Å². The van der Waals surface area contributed by atoms with E-state index in [4.69, 9.17) is 5.84 Å². The second-order valence-corrected chi connectivity index (χ2v) is 6.40. The van der Waals surface area contributed by atoms with Crippen molar-refractivity contribution in [2.24, 2.45) is 0 Å². The number of rotatable bonds is 6. The molecule has 3 N–H and O–H groups in total. The number of anilines is 2. The van der Waals surface area contributed by atoms with Crippen molar-refractivity contribution in [2.45, 2.75) is 24.3 Å². The maximum absolute atomic E-state index is 12.4. The first-order valence-electron chi connectivity index (χ1n) is 7.95. The summed E-state index contributed by atoms with van der Waals surface area (Å²) in [5.74, 6) is 6.66. The highest BCUT2D eigenvalue weighted by atomic mass is 32.2. The molecule has 0 aliphatic heterocycles. The molecule has 0 bridgehead atoms. The molecule has 128 valence electrons. The highest BCUT2D eigenvalue weighted by Crippen LogP contribution is 2.19. The predicted molar refractivity (Wildman–Crippen MR) is 102 cm³/mol. The number of nitrogens with zero attached hydrogens (tertiary/aromatic N) is 3. The summed E-state index contributed by atoms with van der Waals surface area (Å²) in [4.78, 5) is 12.4. The molecule has 3 rings (SSSR count). The molecular formula is C18H19N5OS. The first-order valence-corrected chi connectivity index (χ1v) is 8.93. The number of benzene rings is 2. The van der Waals surface area contributed by atoms with Crippen molar-refractivity contribution in [3.63, 3.8) is 0 Å². The predicted octanol–water partition coefficient (Wildman–Crippen LogP) is 2.95. The van der Waals surface area contributed by atoms with Crippen LogP contribution in [0.1, 0.15) is 18.1 Å². The fraction of sp³-hybridized carbons (Fsp3) is 0.167. The van der Waals surface area contributed by atoms with Crippen molar-refractivity contribution in [3.8, 4) is 0 Å². The zero-order chi connectivity index (χ0) is 17.6. The highest BCUT2D eigenvalue weighted by Gasteiger charge is 2.11. The number of aryl methyl sites for hydroxylation is 1. The number of hydrogen-bond acceptors (Lipinski definition) is 6. The molecule has 0 spiro atoms. The van der Waals surface area contributed by atoms with E-state index in [1.54, 1.807) is 0 Å². The SMILES string of the molecule is CCc1ccc(Nc2nnc(SCc3ccccc3)n(N)c2=O)cc1. The van der Waals surface area contributed by atoms with Gasteiger partial charge in [0.2, 0.25) is 11.0 Å². The van der Waals surface area contributed by atoms with Crippen LogP contribution in [0.2, 0.25) is 0 Å². The van der Waals surface area contributed by atoms with Gasteiger partial charge in [0.25, 0.3) is 0 Å². The molecule has 0 saturated carbocycles. The Kier molecular flexibility index (Phi) is 5.35. The maximum atomic E-state index is 12.4. The molecule has 2 aromatic carbocycles. The van der Waals surface area contributed by atoms with Gasteiger partial charge in [-0.3, -0.25) is 4.79 Å². The minimum atomic E-state index is -0.412. The van der Waals surface area contributed by atoms with Gasteiger partial charge in [-0.05, 0) is 29.7 Å². The molecule has 0 saturated heterocycles. The fourth-order valence-electron chi connectivity index (χ4n) is 2.24. The Bertz CT molecular complexity index is 894. The van der Waals surface area contributed by atoms with Gasteiger partial charge in [-0.1, -0.05) is 61.2 Å². The second kappa shape index (κ2) is 7.85. The van der Waals surface area contributed by atoms with E-state index in [0.29, 0.717) is 10.9 Å². The van der Waals surface area contributed by atoms with E-state index in [-0.39, 0.29) is 5.82 Å². The van der Waals surface area contributed by atoms with E-state index in [1.165, 1.54) is 17.3 Å². The van der Waals surface area contributed by atoms with Gasteiger partial charge in [-0.15, -0.1) is 10.2 Å². The van der Waals surface area contributed by atoms with Crippen LogP contribution in [0.25, 0.3) is 0 Å². The van der Waals surface area contributed by atoms with Crippen molar-refractivity contribution in [1.29, 1.82) is 0 Å². The fourth-order valence-corrected chi connectivity index (χ4v) is 3.05. The summed E-state index contributed by atoms with van der Waals surface area (Å²) in [7, 11) is 0. The molecule has 1 aromatic heterocycles. The number of nitrogens with two attached hydrogens (primary N) is 1. The third kappa shape index (κ3) is 4.19. The van der Waals surface area contributed by atoms with Crippen molar-refractivity contribution < 1.29 is 0 Å². The standard InChI is InChI=1S/C18H19N5OS/c1-2-13-8-10-15(11-9-13)20-16-17(24)23(19)18(22-21-16)25-12-14-6-4-3-5-7-14/h3-11H,2,12,19H2,1H3,(H,20,21). The lowest BCUT2D eigenvalue weighted by atomic mass is 10.1. The lowest BCUT2D eigenvalue weighted by molar-refractivity contribution is 0.705. The molecule has 0 unspecified atom stereocenters. The molecule has 0 aliphatic rings. The van der Waals surface area contributed by atoms with Crippen LogP contribution in [0.15, 0.2) is 64.5 Å². The molecule has 0 amide bonds. The number of aromatic nitrogens is 3. The normalized spacial score (nSPS) is 10.6. The van der Waals surface area contributed by atoms with E-state index in [9.17, 15) is 4.79 Å². The maximum Gasteiger partial charge on any atom is 0.315 e. The lowest BCUT2D eigenvalue weighted by Crippen LogP contribution is -2.32. The van der Waals surface area contributed by atoms with E-state index >= 15 is 0 Å². The number of nitrogen functional groups attached to an aromatic ring is 1. The quantitative estimate of drug-likeness (QED) is 0.523. The summed E-state index contributed by atoms with van der Waals surface area (Å²) in [5.41, 5.74) is 2.71. The van der Waals surface area contributed by atoms with Gasteiger partial charge in [0.05, 0.1) is 0 Å². The minimum absolute atomic E-state index is 0.107. The third-order valence-electron chi connectivity index (χ3n) is 3.70.